The van der Waals surface area contributed by atoms with Crippen LogP contribution in [-0.2, 0) is 6.42 Å². The normalized spacial score (nSPS) is 14.3. The Bertz CT molecular complexity index is 501. The molecule has 102 valence electrons. The van der Waals surface area contributed by atoms with Gasteiger partial charge in [-0.2, -0.15) is 11.3 Å². The standard InChI is InChI=1S/C15H18FNOS/c1-11(8-12-6-7-19-10-12)17-9-15(18)13-4-2-3-5-14(13)16/h2-7,10-11,15,17-18H,8-9H2,1H3. The fourth-order valence-electron chi connectivity index (χ4n) is 2.00. The summed E-state index contributed by atoms with van der Waals surface area (Å²) in [4.78, 5) is 0. The van der Waals surface area contributed by atoms with Crippen molar-refractivity contribution >= 4 is 11.3 Å². The smallest absolute Gasteiger partial charge is 0.129 e. The van der Waals surface area contributed by atoms with Crippen molar-refractivity contribution in [2.24, 2.45) is 0 Å². The molecule has 2 N–H and O–H groups in total. The number of aliphatic hydroxyl groups is 1. The first kappa shape index (κ1) is 14.2. The van der Waals surface area contributed by atoms with Crippen LogP contribution in [0.5, 0.6) is 0 Å². The highest BCUT2D eigenvalue weighted by Crippen LogP contribution is 2.16. The van der Waals surface area contributed by atoms with Crippen molar-refractivity contribution < 1.29 is 9.50 Å². The molecule has 0 fully saturated rings. The van der Waals surface area contributed by atoms with Crippen molar-refractivity contribution in [2.45, 2.75) is 25.5 Å². The van der Waals surface area contributed by atoms with E-state index in [4.69, 9.17) is 0 Å². The van der Waals surface area contributed by atoms with Crippen LogP contribution >= 0.6 is 11.3 Å². The number of hydrogen-bond acceptors (Lipinski definition) is 3. The van der Waals surface area contributed by atoms with Gasteiger partial charge in [0.05, 0.1) is 6.10 Å². The largest absolute Gasteiger partial charge is 0.387 e. The van der Waals surface area contributed by atoms with Crippen LogP contribution in [0.1, 0.15) is 24.2 Å². The van der Waals surface area contributed by atoms with Gasteiger partial charge in [-0.05, 0) is 41.8 Å². The molecule has 1 aromatic heterocycles. The van der Waals surface area contributed by atoms with Gasteiger partial charge in [-0.1, -0.05) is 18.2 Å². The van der Waals surface area contributed by atoms with Crippen LogP contribution in [0.3, 0.4) is 0 Å². The summed E-state index contributed by atoms with van der Waals surface area (Å²) in [5, 5.41) is 17.4. The van der Waals surface area contributed by atoms with Crippen molar-refractivity contribution in [1.29, 1.82) is 0 Å². The van der Waals surface area contributed by atoms with Crippen molar-refractivity contribution in [1.82, 2.24) is 5.32 Å². The van der Waals surface area contributed by atoms with Crippen molar-refractivity contribution in [3.8, 4) is 0 Å². The van der Waals surface area contributed by atoms with Crippen LogP contribution in [0, 0.1) is 5.82 Å². The molecule has 1 aromatic carbocycles. The van der Waals surface area contributed by atoms with Crippen LogP contribution in [0.25, 0.3) is 0 Å². The molecule has 0 saturated carbocycles. The molecule has 0 aliphatic rings. The summed E-state index contributed by atoms with van der Waals surface area (Å²) in [7, 11) is 0. The van der Waals surface area contributed by atoms with E-state index in [-0.39, 0.29) is 11.9 Å². The van der Waals surface area contributed by atoms with Crippen LogP contribution in [0.2, 0.25) is 0 Å². The predicted octanol–water partition coefficient (Wildman–Crippen LogP) is 3.14. The summed E-state index contributed by atoms with van der Waals surface area (Å²) < 4.78 is 13.5. The lowest BCUT2D eigenvalue weighted by Crippen LogP contribution is -2.32. The van der Waals surface area contributed by atoms with Crippen LogP contribution in [-0.4, -0.2) is 17.7 Å². The average molecular weight is 279 g/mol. The second kappa shape index (κ2) is 6.80. The molecule has 0 bridgehead atoms. The van der Waals surface area contributed by atoms with Crippen molar-refractivity contribution in [3.63, 3.8) is 0 Å². The highest BCUT2D eigenvalue weighted by atomic mass is 32.1. The molecule has 0 aliphatic heterocycles. The molecule has 0 saturated heterocycles. The lowest BCUT2D eigenvalue weighted by atomic mass is 10.1. The zero-order valence-corrected chi connectivity index (χ0v) is 11.7. The molecule has 2 atom stereocenters. The van der Waals surface area contributed by atoms with Gasteiger partial charge < -0.3 is 10.4 Å². The van der Waals surface area contributed by atoms with Gasteiger partial charge in [-0.25, -0.2) is 4.39 Å². The number of thiophene rings is 1. The van der Waals surface area contributed by atoms with Gasteiger partial charge in [0.25, 0.3) is 0 Å². The number of rotatable bonds is 6. The Morgan fingerprint density at radius 3 is 2.79 bits per heavy atom. The van der Waals surface area contributed by atoms with Gasteiger partial charge in [-0.3, -0.25) is 0 Å². The maximum absolute atomic E-state index is 13.5. The summed E-state index contributed by atoms with van der Waals surface area (Å²) in [6.07, 6.45) is 0.0964. The average Bonchev–Trinajstić information content (AvgIpc) is 2.89. The quantitative estimate of drug-likeness (QED) is 0.851. The Hall–Kier alpha value is -1.23. The first-order valence-corrected chi connectivity index (χ1v) is 7.28. The Balaban J connectivity index is 1.83. The zero-order valence-electron chi connectivity index (χ0n) is 10.8. The molecular formula is C15H18FNOS. The molecule has 1 heterocycles. The molecule has 19 heavy (non-hydrogen) atoms. The SMILES string of the molecule is CC(Cc1ccsc1)NCC(O)c1ccccc1F. The highest BCUT2D eigenvalue weighted by Gasteiger charge is 2.13. The topological polar surface area (TPSA) is 32.3 Å². The molecule has 2 rings (SSSR count). The molecule has 0 amide bonds. The van der Waals surface area contributed by atoms with Gasteiger partial charge >= 0.3 is 0 Å². The molecular weight excluding hydrogens is 261 g/mol. The fraction of sp³-hybridized carbons (Fsp3) is 0.333. The van der Waals surface area contributed by atoms with E-state index >= 15 is 0 Å². The maximum atomic E-state index is 13.5. The van der Waals surface area contributed by atoms with Gasteiger partial charge in [0, 0.05) is 18.2 Å². The van der Waals surface area contributed by atoms with Crippen LogP contribution < -0.4 is 5.32 Å². The Morgan fingerprint density at radius 2 is 2.11 bits per heavy atom. The van der Waals surface area contributed by atoms with E-state index in [1.165, 1.54) is 11.6 Å². The van der Waals surface area contributed by atoms with E-state index in [0.717, 1.165) is 6.42 Å². The summed E-state index contributed by atoms with van der Waals surface area (Å²) in [5.74, 6) is -0.359. The van der Waals surface area contributed by atoms with E-state index < -0.39 is 6.10 Å². The van der Waals surface area contributed by atoms with Crippen molar-refractivity contribution in [2.75, 3.05) is 6.54 Å². The van der Waals surface area contributed by atoms with E-state index in [2.05, 4.69) is 29.1 Å². The van der Waals surface area contributed by atoms with Crippen LogP contribution in [0.15, 0.2) is 41.1 Å². The maximum Gasteiger partial charge on any atom is 0.129 e. The molecule has 0 spiro atoms. The number of hydrogen-bond donors (Lipinski definition) is 2. The van der Waals surface area contributed by atoms with E-state index in [1.807, 2.05) is 0 Å². The number of benzene rings is 1. The molecule has 0 radical (unpaired) electrons. The second-order valence-electron chi connectivity index (χ2n) is 4.68. The summed E-state index contributed by atoms with van der Waals surface area (Å²) in [6.45, 7) is 2.41. The van der Waals surface area contributed by atoms with Crippen LogP contribution in [0.4, 0.5) is 4.39 Å². The molecule has 4 heteroatoms. The first-order valence-electron chi connectivity index (χ1n) is 6.33. The molecule has 2 nitrogen and oxygen atoms in total. The zero-order chi connectivity index (χ0) is 13.7. The van der Waals surface area contributed by atoms with Gasteiger partial charge in [0.15, 0.2) is 0 Å². The second-order valence-corrected chi connectivity index (χ2v) is 5.46. The Labute approximate surface area is 116 Å². The summed E-state index contributed by atoms with van der Waals surface area (Å²) in [6, 6.07) is 8.68. The van der Waals surface area contributed by atoms with Gasteiger partial charge in [0.1, 0.15) is 5.82 Å². The lowest BCUT2D eigenvalue weighted by Gasteiger charge is -2.17. The lowest BCUT2D eigenvalue weighted by molar-refractivity contribution is 0.166. The monoisotopic (exact) mass is 279 g/mol. The van der Waals surface area contributed by atoms with Crippen molar-refractivity contribution in [3.05, 3.63) is 58.0 Å². The fourth-order valence-corrected chi connectivity index (χ4v) is 2.68. The van der Waals surface area contributed by atoms with E-state index in [1.54, 1.807) is 29.5 Å². The number of nitrogens with one attached hydrogen (secondary N) is 1. The third-order valence-corrected chi connectivity index (χ3v) is 3.78. The van der Waals surface area contributed by atoms with Gasteiger partial charge in [0.2, 0.25) is 0 Å². The highest BCUT2D eigenvalue weighted by molar-refractivity contribution is 7.07. The third-order valence-electron chi connectivity index (χ3n) is 3.05. The van der Waals surface area contributed by atoms with E-state index in [9.17, 15) is 9.50 Å². The summed E-state index contributed by atoms with van der Waals surface area (Å²) >= 11 is 1.68. The van der Waals surface area contributed by atoms with Gasteiger partial charge in [-0.15, -0.1) is 0 Å². The minimum Gasteiger partial charge on any atom is -0.387 e. The minimum atomic E-state index is -0.814. The number of halogens is 1. The third kappa shape index (κ3) is 4.13. The first-order chi connectivity index (χ1) is 9.16. The predicted molar refractivity (Wildman–Crippen MR) is 76.8 cm³/mol. The minimum absolute atomic E-state index is 0.246. The Morgan fingerprint density at radius 1 is 1.32 bits per heavy atom. The molecule has 2 unspecified atom stereocenters. The molecule has 0 aliphatic carbocycles. The van der Waals surface area contributed by atoms with E-state index in [0.29, 0.717) is 12.1 Å². The summed E-state index contributed by atoms with van der Waals surface area (Å²) in [5.41, 5.74) is 1.63. The molecule has 2 aromatic rings. The Kier molecular flexibility index (Phi) is 5.07. The number of aliphatic hydroxyl groups excluding tert-OH is 1.